The Morgan fingerprint density at radius 2 is 2.19 bits per heavy atom. The maximum atomic E-state index is 10.9. The minimum atomic E-state index is -0.125. The standard InChI is InChI=1S/C11H14N2O3/c14-9-2-1-7(3-10(9)15)5-12-8-4-11(16)13-6-8/h1-3,8,12,14-15H,4-6H2,(H,13,16). The Kier molecular flexibility index (Phi) is 2.96. The van der Waals surface area contributed by atoms with E-state index in [1.54, 1.807) is 6.07 Å². The molecule has 2 rings (SSSR count). The third-order valence-corrected chi connectivity index (χ3v) is 2.61. The lowest BCUT2D eigenvalue weighted by atomic mass is 10.2. The monoisotopic (exact) mass is 222 g/mol. The zero-order valence-corrected chi connectivity index (χ0v) is 8.73. The molecule has 0 saturated carbocycles. The Hall–Kier alpha value is -1.75. The normalized spacial score (nSPS) is 19.8. The minimum absolute atomic E-state index is 0.0612. The van der Waals surface area contributed by atoms with Crippen molar-refractivity contribution in [2.75, 3.05) is 6.54 Å². The van der Waals surface area contributed by atoms with Gasteiger partial charge in [0.15, 0.2) is 11.5 Å². The molecule has 5 heteroatoms. The van der Waals surface area contributed by atoms with Gasteiger partial charge in [0.25, 0.3) is 0 Å². The summed E-state index contributed by atoms with van der Waals surface area (Å²) in [6.45, 7) is 1.20. The smallest absolute Gasteiger partial charge is 0.221 e. The van der Waals surface area contributed by atoms with E-state index in [0.717, 1.165) is 5.56 Å². The average molecular weight is 222 g/mol. The minimum Gasteiger partial charge on any atom is -0.504 e. The molecule has 1 unspecified atom stereocenters. The van der Waals surface area contributed by atoms with Gasteiger partial charge in [-0.05, 0) is 17.7 Å². The lowest BCUT2D eigenvalue weighted by Crippen LogP contribution is -2.30. The van der Waals surface area contributed by atoms with Crippen LogP contribution in [-0.4, -0.2) is 28.7 Å². The van der Waals surface area contributed by atoms with Gasteiger partial charge >= 0.3 is 0 Å². The van der Waals surface area contributed by atoms with Crippen LogP contribution < -0.4 is 10.6 Å². The number of phenols is 2. The van der Waals surface area contributed by atoms with E-state index in [2.05, 4.69) is 10.6 Å². The zero-order chi connectivity index (χ0) is 11.5. The van der Waals surface area contributed by atoms with Crippen molar-refractivity contribution in [1.82, 2.24) is 10.6 Å². The Balaban J connectivity index is 1.89. The van der Waals surface area contributed by atoms with E-state index >= 15 is 0 Å². The van der Waals surface area contributed by atoms with Crippen LogP contribution in [-0.2, 0) is 11.3 Å². The summed E-state index contributed by atoms with van der Waals surface area (Å²) in [5.74, 6) is -0.188. The number of benzene rings is 1. The number of hydrogen-bond donors (Lipinski definition) is 4. The molecule has 5 nitrogen and oxygen atoms in total. The van der Waals surface area contributed by atoms with Crippen LogP contribution in [0.15, 0.2) is 18.2 Å². The van der Waals surface area contributed by atoms with Crippen molar-refractivity contribution in [2.24, 2.45) is 0 Å². The number of nitrogens with one attached hydrogen (secondary N) is 2. The lowest BCUT2D eigenvalue weighted by Gasteiger charge is -2.10. The Morgan fingerprint density at radius 1 is 1.38 bits per heavy atom. The summed E-state index contributed by atoms with van der Waals surface area (Å²) in [5.41, 5.74) is 0.870. The molecule has 0 bridgehead atoms. The van der Waals surface area contributed by atoms with Crippen LogP contribution in [0.2, 0.25) is 0 Å². The van der Waals surface area contributed by atoms with E-state index in [1.165, 1.54) is 12.1 Å². The second kappa shape index (κ2) is 4.40. The van der Waals surface area contributed by atoms with Gasteiger partial charge in [0.2, 0.25) is 5.91 Å². The lowest BCUT2D eigenvalue weighted by molar-refractivity contribution is -0.119. The first kappa shape index (κ1) is 10.8. The molecule has 86 valence electrons. The molecule has 1 heterocycles. The number of hydrogen-bond acceptors (Lipinski definition) is 4. The number of rotatable bonds is 3. The largest absolute Gasteiger partial charge is 0.504 e. The predicted molar refractivity (Wildman–Crippen MR) is 58.0 cm³/mol. The van der Waals surface area contributed by atoms with Gasteiger partial charge in [0.1, 0.15) is 0 Å². The second-order valence-corrected chi connectivity index (χ2v) is 3.91. The van der Waals surface area contributed by atoms with Crippen molar-refractivity contribution in [2.45, 2.75) is 19.0 Å². The topological polar surface area (TPSA) is 81.6 Å². The maximum absolute atomic E-state index is 10.9. The number of carbonyl (C=O) groups excluding carboxylic acids is 1. The van der Waals surface area contributed by atoms with Crippen LogP contribution in [0, 0.1) is 0 Å². The van der Waals surface area contributed by atoms with E-state index in [4.69, 9.17) is 5.11 Å². The van der Waals surface area contributed by atoms with Crippen molar-refractivity contribution in [3.05, 3.63) is 23.8 Å². The van der Waals surface area contributed by atoms with E-state index in [9.17, 15) is 9.90 Å². The van der Waals surface area contributed by atoms with Crippen LogP contribution >= 0.6 is 0 Å². The van der Waals surface area contributed by atoms with Crippen LogP contribution in [0.4, 0.5) is 0 Å². The molecule has 1 amide bonds. The summed E-state index contributed by atoms with van der Waals surface area (Å²) in [6, 6.07) is 4.83. The van der Waals surface area contributed by atoms with Crippen LogP contribution in [0.3, 0.4) is 0 Å². The van der Waals surface area contributed by atoms with Gasteiger partial charge in [0, 0.05) is 25.6 Å². The number of amides is 1. The molecular formula is C11H14N2O3. The molecule has 1 atom stereocenters. The summed E-state index contributed by atoms with van der Waals surface area (Å²) >= 11 is 0. The molecule has 1 aliphatic rings. The summed E-state index contributed by atoms with van der Waals surface area (Å²) in [7, 11) is 0. The number of aromatic hydroxyl groups is 2. The number of phenolic OH excluding ortho intramolecular Hbond substituents is 2. The molecule has 0 spiro atoms. The molecule has 1 saturated heterocycles. The molecule has 1 aliphatic heterocycles. The molecule has 1 aromatic rings. The van der Waals surface area contributed by atoms with Crippen molar-refractivity contribution >= 4 is 5.91 Å². The zero-order valence-electron chi connectivity index (χ0n) is 8.73. The molecule has 16 heavy (non-hydrogen) atoms. The summed E-state index contributed by atoms with van der Waals surface area (Å²) < 4.78 is 0. The second-order valence-electron chi connectivity index (χ2n) is 3.91. The first-order valence-corrected chi connectivity index (χ1v) is 5.16. The van der Waals surface area contributed by atoms with Gasteiger partial charge < -0.3 is 20.8 Å². The fraction of sp³-hybridized carbons (Fsp3) is 0.364. The Bertz CT molecular complexity index is 406. The first-order valence-electron chi connectivity index (χ1n) is 5.16. The third kappa shape index (κ3) is 2.43. The highest BCUT2D eigenvalue weighted by Crippen LogP contribution is 2.24. The molecule has 0 aromatic heterocycles. The summed E-state index contributed by atoms with van der Waals surface area (Å²) in [6.07, 6.45) is 0.490. The van der Waals surface area contributed by atoms with E-state index in [1.807, 2.05) is 0 Å². The van der Waals surface area contributed by atoms with E-state index in [0.29, 0.717) is 19.5 Å². The van der Waals surface area contributed by atoms with Crippen LogP contribution in [0.25, 0.3) is 0 Å². The van der Waals surface area contributed by atoms with Crippen molar-refractivity contribution in [3.63, 3.8) is 0 Å². The van der Waals surface area contributed by atoms with Gasteiger partial charge in [-0.25, -0.2) is 0 Å². The summed E-state index contributed by atoms with van der Waals surface area (Å²) in [5, 5.41) is 24.4. The molecular weight excluding hydrogens is 208 g/mol. The maximum Gasteiger partial charge on any atom is 0.221 e. The van der Waals surface area contributed by atoms with Gasteiger partial charge in [-0.1, -0.05) is 6.07 Å². The molecule has 0 aliphatic carbocycles. The van der Waals surface area contributed by atoms with Gasteiger partial charge in [-0.3, -0.25) is 4.79 Å². The predicted octanol–water partition coefficient (Wildman–Crippen LogP) is 0.0759. The van der Waals surface area contributed by atoms with Crippen molar-refractivity contribution in [3.8, 4) is 11.5 Å². The Labute approximate surface area is 93.1 Å². The van der Waals surface area contributed by atoms with E-state index < -0.39 is 0 Å². The van der Waals surface area contributed by atoms with Crippen LogP contribution in [0.1, 0.15) is 12.0 Å². The molecule has 0 radical (unpaired) electrons. The fourth-order valence-electron chi connectivity index (χ4n) is 1.69. The molecule has 1 fully saturated rings. The number of carbonyl (C=O) groups is 1. The first-order chi connectivity index (χ1) is 7.65. The highest BCUT2D eigenvalue weighted by molar-refractivity contribution is 5.78. The summed E-state index contributed by atoms with van der Waals surface area (Å²) in [4.78, 5) is 10.9. The third-order valence-electron chi connectivity index (χ3n) is 2.61. The average Bonchev–Trinajstić information content (AvgIpc) is 2.66. The fourth-order valence-corrected chi connectivity index (χ4v) is 1.69. The Morgan fingerprint density at radius 3 is 2.81 bits per heavy atom. The van der Waals surface area contributed by atoms with Gasteiger partial charge in [-0.15, -0.1) is 0 Å². The van der Waals surface area contributed by atoms with Crippen molar-refractivity contribution in [1.29, 1.82) is 0 Å². The van der Waals surface area contributed by atoms with Gasteiger partial charge in [-0.2, -0.15) is 0 Å². The molecule has 1 aromatic carbocycles. The van der Waals surface area contributed by atoms with Crippen LogP contribution in [0.5, 0.6) is 11.5 Å². The van der Waals surface area contributed by atoms with Gasteiger partial charge in [0.05, 0.1) is 0 Å². The highest BCUT2D eigenvalue weighted by Gasteiger charge is 2.20. The van der Waals surface area contributed by atoms with Crippen molar-refractivity contribution < 1.29 is 15.0 Å². The quantitative estimate of drug-likeness (QED) is 0.546. The molecule has 4 N–H and O–H groups in total. The highest BCUT2D eigenvalue weighted by atomic mass is 16.3. The SMILES string of the molecule is O=C1CC(NCc2ccc(O)c(O)c2)CN1. The van der Waals surface area contributed by atoms with E-state index in [-0.39, 0.29) is 23.4 Å².